The van der Waals surface area contributed by atoms with E-state index in [4.69, 9.17) is 0 Å². The number of likely N-dealkylation sites (tertiary alicyclic amines) is 1. The van der Waals surface area contributed by atoms with Gasteiger partial charge in [-0.1, -0.05) is 0 Å². The van der Waals surface area contributed by atoms with Crippen LogP contribution < -0.4 is 4.90 Å². The lowest BCUT2D eigenvalue weighted by atomic mass is 10.1. The summed E-state index contributed by atoms with van der Waals surface area (Å²) >= 11 is 0. The largest absolute Gasteiger partial charge is 0.480 e. The predicted octanol–water partition coefficient (Wildman–Crippen LogP) is 1.56. The van der Waals surface area contributed by atoms with Crippen LogP contribution in [-0.2, 0) is 14.4 Å². The van der Waals surface area contributed by atoms with Gasteiger partial charge in [-0.05, 0) is 43.5 Å². The summed E-state index contributed by atoms with van der Waals surface area (Å²) < 4.78 is 13.4. The van der Waals surface area contributed by atoms with E-state index in [0.717, 1.165) is 0 Å². The van der Waals surface area contributed by atoms with Gasteiger partial charge >= 0.3 is 5.97 Å². The second kappa shape index (κ2) is 6.22. The molecule has 2 saturated heterocycles. The van der Waals surface area contributed by atoms with Crippen molar-refractivity contribution in [3.63, 3.8) is 0 Å². The highest BCUT2D eigenvalue weighted by Crippen LogP contribution is 2.29. The highest BCUT2D eigenvalue weighted by atomic mass is 19.1. The first-order valence-electron chi connectivity index (χ1n) is 7.98. The Balaban J connectivity index is 1.75. The van der Waals surface area contributed by atoms with Crippen molar-refractivity contribution in [3.05, 3.63) is 29.6 Å². The standard InChI is InChI=1S/C17H19FN2O4/c1-10-7-12(4-5-13(10)18)20-9-11(8-15(20)21)16(22)19-6-2-3-14(19)17(23)24/h4-5,7,11,14H,2-3,6,8-9H2,1H3,(H,23,24). The maximum absolute atomic E-state index is 13.4. The summed E-state index contributed by atoms with van der Waals surface area (Å²) in [4.78, 5) is 39.0. The topological polar surface area (TPSA) is 77.9 Å². The Kier molecular flexibility index (Phi) is 4.26. The van der Waals surface area contributed by atoms with Crippen LogP contribution in [0.5, 0.6) is 0 Å². The molecule has 0 radical (unpaired) electrons. The molecule has 24 heavy (non-hydrogen) atoms. The highest BCUT2D eigenvalue weighted by molar-refractivity contribution is 6.01. The van der Waals surface area contributed by atoms with Crippen molar-refractivity contribution < 1.29 is 23.9 Å². The minimum absolute atomic E-state index is 0.0537. The fourth-order valence-corrected chi connectivity index (χ4v) is 3.44. The van der Waals surface area contributed by atoms with Crippen molar-refractivity contribution in [1.29, 1.82) is 0 Å². The molecule has 6 nitrogen and oxygen atoms in total. The molecule has 2 fully saturated rings. The van der Waals surface area contributed by atoms with Crippen LogP contribution in [0.4, 0.5) is 10.1 Å². The fraction of sp³-hybridized carbons (Fsp3) is 0.471. The van der Waals surface area contributed by atoms with Crippen molar-refractivity contribution >= 4 is 23.5 Å². The number of carbonyl (C=O) groups is 3. The number of aryl methyl sites for hydroxylation is 1. The Morgan fingerprint density at radius 2 is 2.08 bits per heavy atom. The number of hydrogen-bond acceptors (Lipinski definition) is 3. The zero-order valence-electron chi connectivity index (χ0n) is 13.4. The van der Waals surface area contributed by atoms with Crippen LogP contribution in [0, 0.1) is 18.7 Å². The van der Waals surface area contributed by atoms with E-state index in [1.165, 1.54) is 21.9 Å². The van der Waals surface area contributed by atoms with E-state index >= 15 is 0 Å². The van der Waals surface area contributed by atoms with Gasteiger partial charge in [-0.3, -0.25) is 9.59 Å². The van der Waals surface area contributed by atoms with Gasteiger partial charge in [0.25, 0.3) is 0 Å². The molecule has 0 spiro atoms. The van der Waals surface area contributed by atoms with Gasteiger partial charge in [-0.2, -0.15) is 0 Å². The molecule has 0 aliphatic carbocycles. The van der Waals surface area contributed by atoms with E-state index < -0.39 is 17.9 Å². The lowest BCUT2D eigenvalue weighted by molar-refractivity contribution is -0.149. The lowest BCUT2D eigenvalue weighted by Crippen LogP contribution is -2.44. The zero-order valence-corrected chi connectivity index (χ0v) is 13.4. The van der Waals surface area contributed by atoms with E-state index in [2.05, 4.69) is 0 Å². The molecule has 128 valence electrons. The van der Waals surface area contributed by atoms with Gasteiger partial charge in [0.2, 0.25) is 11.8 Å². The predicted molar refractivity (Wildman–Crippen MR) is 84.0 cm³/mol. The molecule has 2 atom stereocenters. The summed E-state index contributed by atoms with van der Waals surface area (Å²) in [5.74, 6) is -2.39. The molecule has 2 aliphatic rings. The van der Waals surface area contributed by atoms with Gasteiger partial charge in [0, 0.05) is 25.2 Å². The van der Waals surface area contributed by atoms with Gasteiger partial charge in [0.15, 0.2) is 0 Å². The Hall–Kier alpha value is -2.44. The van der Waals surface area contributed by atoms with Crippen LogP contribution in [0.2, 0.25) is 0 Å². The third-order valence-corrected chi connectivity index (χ3v) is 4.75. The molecule has 2 unspecified atom stereocenters. The monoisotopic (exact) mass is 334 g/mol. The molecule has 0 aromatic heterocycles. The number of rotatable bonds is 3. The Bertz CT molecular complexity index is 706. The third-order valence-electron chi connectivity index (χ3n) is 4.75. The van der Waals surface area contributed by atoms with E-state index in [0.29, 0.717) is 30.6 Å². The van der Waals surface area contributed by atoms with Crippen molar-refractivity contribution in [2.45, 2.75) is 32.2 Å². The van der Waals surface area contributed by atoms with Gasteiger partial charge in [-0.15, -0.1) is 0 Å². The van der Waals surface area contributed by atoms with Crippen LogP contribution in [0.25, 0.3) is 0 Å². The first kappa shape index (κ1) is 16.4. The van der Waals surface area contributed by atoms with Crippen LogP contribution in [0.15, 0.2) is 18.2 Å². The first-order chi connectivity index (χ1) is 11.4. The number of aliphatic carboxylic acids is 1. The molecule has 7 heteroatoms. The normalized spacial score (nSPS) is 23.8. The molecule has 0 saturated carbocycles. The summed E-state index contributed by atoms with van der Waals surface area (Å²) in [6, 6.07) is 3.60. The molecule has 3 rings (SSSR count). The van der Waals surface area contributed by atoms with Crippen molar-refractivity contribution in [1.82, 2.24) is 4.90 Å². The Morgan fingerprint density at radius 1 is 1.33 bits per heavy atom. The second-order valence-electron chi connectivity index (χ2n) is 6.37. The quantitative estimate of drug-likeness (QED) is 0.910. The number of halogens is 1. The number of nitrogens with zero attached hydrogens (tertiary/aromatic N) is 2. The fourth-order valence-electron chi connectivity index (χ4n) is 3.44. The molecular weight excluding hydrogens is 315 g/mol. The van der Waals surface area contributed by atoms with Gasteiger partial charge in [0.1, 0.15) is 11.9 Å². The van der Waals surface area contributed by atoms with Crippen LogP contribution in [-0.4, -0.2) is 46.9 Å². The van der Waals surface area contributed by atoms with Crippen LogP contribution in [0.1, 0.15) is 24.8 Å². The maximum Gasteiger partial charge on any atom is 0.326 e. The average molecular weight is 334 g/mol. The van der Waals surface area contributed by atoms with Gasteiger partial charge in [-0.25, -0.2) is 9.18 Å². The van der Waals surface area contributed by atoms with E-state index in [1.807, 2.05) is 0 Å². The highest BCUT2D eigenvalue weighted by Gasteiger charge is 2.42. The van der Waals surface area contributed by atoms with Gasteiger partial charge in [0.05, 0.1) is 5.92 Å². The van der Waals surface area contributed by atoms with E-state index in [9.17, 15) is 23.9 Å². The second-order valence-corrected chi connectivity index (χ2v) is 6.37. The Labute approximate surface area is 138 Å². The number of carboxylic acid groups (broad SMARTS) is 1. The molecular formula is C17H19FN2O4. The van der Waals surface area contributed by atoms with Crippen LogP contribution in [0.3, 0.4) is 0 Å². The number of benzene rings is 1. The van der Waals surface area contributed by atoms with Crippen molar-refractivity contribution in [2.24, 2.45) is 5.92 Å². The minimum Gasteiger partial charge on any atom is -0.480 e. The molecule has 2 heterocycles. The molecule has 1 aromatic carbocycles. The number of amides is 2. The molecule has 2 aliphatic heterocycles. The maximum atomic E-state index is 13.4. The number of carbonyl (C=O) groups excluding carboxylic acids is 2. The summed E-state index contributed by atoms with van der Waals surface area (Å²) in [7, 11) is 0. The van der Waals surface area contributed by atoms with E-state index in [-0.39, 0.29) is 30.6 Å². The van der Waals surface area contributed by atoms with Crippen molar-refractivity contribution in [2.75, 3.05) is 18.0 Å². The minimum atomic E-state index is -1.00. The summed E-state index contributed by atoms with van der Waals surface area (Å²) in [6.07, 6.45) is 1.16. The molecule has 1 aromatic rings. The summed E-state index contributed by atoms with van der Waals surface area (Å²) in [5.41, 5.74) is 0.992. The number of hydrogen-bond donors (Lipinski definition) is 1. The molecule has 0 bridgehead atoms. The first-order valence-corrected chi connectivity index (χ1v) is 7.98. The number of anilines is 1. The third kappa shape index (κ3) is 2.86. The lowest BCUT2D eigenvalue weighted by Gasteiger charge is -2.24. The zero-order chi connectivity index (χ0) is 17.4. The SMILES string of the molecule is Cc1cc(N2CC(C(=O)N3CCCC3C(=O)O)CC2=O)ccc1F. The van der Waals surface area contributed by atoms with Gasteiger partial charge < -0.3 is 14.9 Å². The Morgan fingerprint density at radius 3 is 2.75 bits per heavy atom. The summed E-state index contributed by atoms with van der Waals surface area (Å²) in [5, 5.41) is 9.21. The molecule has 1 N–H and O–H groups in total. The van der Waals surface area contributed by atoms with Crippen LogP contribution >= 0.6 is 0 Å². The smallest absolute Gasteiger partial charge is 0.326 e. The van der Waals surface area contributed by atoms with Crippen molar-refractivity contribution in [3.8, 4) is 0 Å². The molecule has 2 amide bonds. The van der Waals surface area contributed by atoms with E-state index in [1.54, 1.807) is 13.0 Å². The summed E-state index contributed by atoms with van der Waals surface area (Å²) in [6.45, 7) is 2.23. The average Bonchev–Trinajstić information content (AvgIpc) is 3.16. The number of carboxylic acids is 1.